The van der Waals surface area contributed by atoms with Gasteiger partial charge in [0.1, 0.15) is 5.39 Å². The van der Waals surface area contributed by atoms with Crippen molar-refractivity contribution in [1.82, 2.24) is 19.7 Å². The first kappa shape index (κ1) is 17.4. The molecule has 8 heteroatoms. The predicted octanol–water partition coefficient (Wildman–Crippen LogP) is 3.43. The van der Waals surface area contributed by atoms with Crippen molar-refractivity contribution in [1.29, 1.82) is 0 Å². The summed E-state index contributed by atoms with van der Waals surface area (Å²) in [5, 5.41) is 8.24. The third-order valence-corrected chi connectivity index (χ3v) is 5.17. The van der Waals surface area contributed by atoms with Crippen molar-refractivity contribution in [2.45, 2.75) is 31.7 Å². The first-order valence-corrected chi connectivity index (χ1v) is 9.08. The van der Waals surface area contributed by atoms with E-state index in [1.54, 1.807) is 12.3 Å². The standard InChI is InChI=1S/C19H21FN6O/c1-21-11-12-4-2-3-5-14(12)26-15-7-9-23-19(27)17(15)18(25-26)24-13-6-8-22-16(20)10-13/h6-10,12,14H,1-5,11H2,(H,23,27)(H,22,24,25)/t12-,14+/m1/s1. The molecule has 2 N–H and O–H groups in total. The van der Waals surface area contributed by atoms with Crippen LogP contribution in [0, 0.1) is 11.9 Å². The lowest BCUT2D eigenvalue weighted by molar-refractivity contribution is 0.235. The Hall–Kier alpha value is -3.03. The van der Waals surface area contributed by atoms with Crippen molar-refractivity contribution < 1.29 is 4.39 Å². The minimum absolute atomic E-state index is 0.151. The van der Waals surface area contributed by atoms with E-state index >= 15 is 0 Å². The molecule has 1 fully saturated rings. The van der Waals surface area contributed by atoms with Crippen LogP contribution in [0.15, 0.2) is 40.4 Å². The van der Waals surface area contributed by atoms with Crippen LogP contribution >= 0.6 is 0 Å². The zero-order chi connectivity index (χ0) is 18.8. The molecule has 2 atom stereocenters. The number of hydrogen-bond donors (Lipinski definition) is 2. The third-order valence-electron chi connectivity index (χ3n) is 5.17. The van der Waals surface area contributed by atoms with Gasteiger partial charge in [-0.2, -0.15) is 9.49 Å². The minimum Gasteiger partial charge on any atom is -0.338 e. The molecular weight excluding hydrogens is 347 g/mol. The number of H-pyrrole nitrogens is 1. The molecule has 0 saturated heterocycles. The Morgan fingerprint density at radius 1 is 1.37 bits per heavy atom. The molecule has 0 unspecified atom stereocenters. The smallest absolute Gasteiger partial charge is 0.261 e. The van der Waals surface area contributed by atoms with Crippen LogP contribution in [0.3, 0.4) is 0 Å². The molecule has 7 nitrogen and oxygen atoms in total. The average molecular weight is 368 g/mol. The number of nitrogens with one attached hydrogen (secondary N) is 2. The van der Waals surface area contributed by atoms with Crippen molar-refractivity contribution in [3.8, 4) is 0 Å². The van der Waals surface area contributed by atoms with Gasteiger partial charge in [0.25, 0.3) is 5.56 Å². The Kier molecular flexibility index (Phi) is 4.70. The number of pyridine rings is 2. The Balaban J connectivity index is 1.81. The third kappa shape index (κ3) is 3.34. The Morgan fingerprint density at radius 3 is 3.04 bits per heavy atom. The molecule has 3 aromatic rings. The summed E-state index contributed by atoms with van der Waals surface area (Å²) in [5.41, 5.74) is 1.02. The van der Waals surface area contributed by atoms with Gasteiger partial charge in [0.05, 0.1) is 11.6 Å². The summed E-state index contributed by atoms with van der Waals surface area (Å²) in [4.78, 5) is 22.8. The number of fused-ring (bicyclic) bond motifs is 1. The second-order valence-electron chi connectivity index (χ2n) is 6.87. The average Bonchev–Trinajstić information content (AvgIpc) is 3.02. The van der Waals surface area contributed by atoms with Crippen LogP contribution < -0.4 is 10.9 Å². The minimum atomic E-state index is -0.595. The van der Waals surface area contributed by atoms with E-state index in [-0.39, 0.29) is 11.6 Å². The van der Waals surface area contributed by atoms with Crippen LogP contribution in [0.4, 0.5) is 15.9 Å². The Bertz CT molecular complexity index is 1030. The molecule has 0 amide bonds. The van der Waals surface area contributed by atoms with Gasteiger partial charge < -0.3 is 15.3 Å². The van der Waals surface area contributed by atoms with Gasteiger partial charge in [0, 0.05) is 36.6 Å². The summed E-state index contributed by atoms with van der Waals surface area (Å²) in [7, 11) is 0. The first-order valence-electron chi connectivity index (χ1n) is 9.08. The molecule has 3 aromatic heterocycles. The van der Waals surface area contributed by atoms with Crippen LogP contribution in [-0.2, 0) is 0 Å². The molecule has 1 aliphatic rings. The quantitative estimate of drug-likeness (QED) is 0.533. The van der Waals surface area contributed by atoms with Crippen LogP contribution in [0.5, 0.6) is 0 Å². The normalized spacial score (nSPS) is 19.9. The fourth-order valence-electron chi connectivity index (χ4n) is 3.95. The molecule has 27 heavy (non-hydrogen) atoms. The van der Waals surface area contributed by atoms with Crippen LogP contribution in [0.1, 0.15) is 31.7 Å². The van der Waals surface area contributed by atoms with Gasteiger partial charge in [0.2, 0.25) is 5.95 Å². The molecular formula is C19H21FN6O. The van der Waals surface area contributed by atoms with Gasteiger partial charge >= 0.3 is 0 Å². The number of halogens is 1. The van der Waals surface area contributed by atoms with E-state index in [1.165, 1.54) is 12.3 Å². The maximum Gasteiger partial charge on any atom is 0.261 e. The molecule has 0 spiro atoms. The highest BCUT2D eigenvalue weighted by molar-refractivity contribution is 5.91. The van der Waals surface area contributed by atoms with Gasteiger partial charge in [-0.05, 0) is 31.7 Å². The highest BCUT2D eigenvalue weighted by atomic mass is 19.1. The summed E-state index contributed by atoms with van der Waals surface area (Å²) in [5.74, 6) is 0.153. The largest absolute Gasteiger partial charge is 0.338 e. The van der Waals surface area contributed by atoms with Crippen molar-refractivity contribution in [2.75, 3.05) is 11.9 Å². The molecule has 0 aliphatic heterocycles. The van der Waals surface area contributed by atoms with Gasteiger partial charge in [0.15, 0.2) is 5.82 Å². The maximum atomic E-state index is 13.4. The molecule has 0 aromatic carbocycles. The van der Waals surface area contributed by atoms with Gasteiger partial charge in [-0.3, -0.25) is 9.48 Å². The van der Waals surface area contributed by atoms with E-state index in [0.29, 0.717) is 29.4 Å². The summed E-state index contributed by atoms with van der Waals surface area (Å²) >= 11 is 0. The SMILES string of the molecule is C=NC[C@H]1CCCC[C@@H]1n1nc(Nc2ccnc(F)c2)c2c(=O)[nH]ccc21. The summed E-state index contributed by atoms with van der Waals surface area (Å²) < 4.78 is 15.4. The van der Waals surface area contributed by atoms with Gasteiger partial charge in [-0.1, -0.05) is 12.8 Å². The monoisotopic (exact) mass is 368 g/mol. The van der Waals surface area contributed by atoms with E-state index in [2.05, 4.69) is 27.0 Å². The number of aromatic amines is 1. The van der Waals surface area contributed by atoms with Crippen molar-refractivity contribution >= 4 is 29.1 Å². The van der Waals surface area contributed by atoms with Crippen molar-refractivity contribution in [2.24, 2.45) is 10.9 Å². The summed E-state index contributed by atoms with van der Waals surface area (Å²) in [6, 6.07) is 4.91. The fourth-order valence-corrected chi connectivity index (χ4v) is 3.95. The van der Waals surface area contributed by atoms with Crippen LogP contribution in [-0.4, -0.2) is 33.0 Å². The zero-order valence-electron chi connectivity index (χ0n) is 14.9. The molecule has 140 valence electrons. The van der Waals surface area contributed by atoms with Crippen molar-refractivity contribution in [3.63, 3.8) is 0 Å². The number of aromatic nitrogens is 4. The lowest BCUT2D eigenvalue weighted by Crippen LogP contribution is -2.26. The number of nitrogens with zero attached hydrogens (tertiary/aromatic N) is 4. The Morgan fingerprint density at radius 2 is 2.22 bits per heavy atom. The number of rotatable bonds is 5. The van der Waals surface area contributed by atoms with E-state index in [1.807, 2.05) is 10.7 Å². The highest BCUT2D eigenvalue weighted by Crippen LogP contribution is 2.37. The summed E-state index contributed by atoms with van der Waals surface area (Å²) in [6.45, 7) is 4.31. The van der Waals surface area contributed by atoms with E-state index in [0.717, 1.165) is 31.2 Å². The van der Waals surface area contributed by atoms with Gasteiger partial charge in [-0.25, -0.2) is 4.98 Å². The fraction of sp³-hybridized carbons (Fsp3) is 0.368. The van der Waals surface area contributed by atoms with Crippen LogP contribution in [0.2, 0.25) is 0 Å². The lowest BCUT2D eigenvalue weighted by atomic mass is 9.84. The molecule has 0 bridgehead atoms. The predicted molar refractivity (Wildman–Crippen MR) is 103 cm³/mol. The highest BCUT2D eigenvalue weighted by Gasteiger charge is 2.29. The van der Waals surface area contributed by atoms with Gasteiger partial charge in [-0.15, -0.1) is 0 Å². The molecule has 0 radical (unpaired) electrons. The van der Waals surface area contributed by atoms with E-state index in [9.17, 15) is 9.18 Å². The zero-order valence-corrected chi connectivity index (χ0v) is 14.9. The Labute approximate surface area is 155 Å². The topological polar surface area (TPSA) is 88.0 Å². The number of hydrogen-bond acceptors (Lipinski definition) is 5. The molecule has 3 heterocycles. The second kappa shape index (κ2) is 7.30. The maximum absolute atomic E-state index is 13.4. The lowest BCUT2D eigenvalue weighted by Gasteiger charge is -2.31. The van der Waals surface area contributed by atoms with E-state index in [4.69, 9.17) is 5.10 Å². The van der Waals surface area contributed by atoms with Crippen molar-refractivity contribution in [3.05, 3.63) is 46.9 Å². The first-order chi connectivity index (χ1) is 13.2. The molecule has 1 aliphatic carbocycles. The molecule has 4 rings (SSSR count). The number of anilines is 2. The number of aliphatic imine (C=N–C) groups is 1. The van der Waals surface area contributed by atoms with E-state index < -0.39 is 5.95 Å². The molecule has 1 saturated carbocycles. The summed E-state index contributed by atoms with van der Waals surface area (Å²) in [6.07, 6.45) is 7.31. The second-order valence-corrected chi connectivity index (χ2v) is 6.87. The van der Waals surface area contributed by atoms with Crippen LogP contribution in [0.25, 0.3) is 10.9 Å².